The van der Waals surface area contributed by atoms with Crippen LogP contribution < -0.4 is 10.6 Å². The number of carboxylic acids is 1. The van der Waals surface area contributed by atoms with Crippen LogP contribution >= 0.6 is 0 Å². The predicted molar refractivity (Wildman–Crippen MR) is 80.0 cm³/mol. The standard InChI is InChI=1S/C16H22N2O3/c1-2-11-6-3-4-7-12(11)10-17-16(21)18-14-9-5-8-13(14)15(19)20/h3-4,6-7,13-14H,2,5,8-10H2,1H3,(H,19,20)(H2,17,18,21). The minimum atomic E-state index is -0.825. The van der Waals surface area contributed by atoms with Crippen LogP contribution in [0.15, 0.2) is 24.3 Å². The van der Waals surface area contributed by atoms with E-state index in [0.29, 0.717) is 13.0 Å². The maximum atomic E-state index is 11.9. The van der Waals surface area contributed by atoms with Crippen molar-refractivity contribution in [3.63, 3.8) is 0 Å². The van der Waals surface area contributed by atoms with E-state index in [2.05, 4.69) is 17.6 Å². The molecule has 1 aromatic rings. The highest BCUT2D eigenvalue weighted by atomic mass is 16.4. The number of benzene rings is 1. The summed E-state index contributed by atoms with van der Waals surface area (Å²) in [5.74, 6) is -1.28. The summed E-state index contributed by atoms with van der Waals surface area (Å²) in [6.07, 6.45) is 3.14. The molecule has 0 spiro atoms. The molecule has 2 amide bonds. The number of carbonyl (C=O) groups is 2. The molecule has 5 nitrogen and oxygen atoms in total. The van der Waals surface area contributed by atoms with Crippen molar-refractivity contribution in [3.05, 3.63) is 35.4 Å². The molecule has 1 aromatic carbocycles. The summed E-state index contributed by atoms with van der Waals surface area (Å²) in [6.45, 7) is 2.54. The molecular weight excluding hydrogens is 268 g/mol. The van der Waals surface area contributed by atoms with E-state index < -0.39 is 11.9 Å². The van der Waals surface area contributed by atoms with Gasteiger partial charge in [-0.2, -0.15) is 0 Å². The van der Waals surface area contributed by atoms with Gasteiger partial charge in [0.15, 0.2) is 0 Å². The lowest BCUT2D eigenvalue weighted by molar-refractivity contribution is -0.142. The summed E-state index contributed by atoms with van der Waals surface area (Å²) in [5.41, 5.74) is 2.30. The topological polar surface area (TPSA) is 78.4 Å². The lowest BCUT2D eigenvalue weighted by Gasteiger charge is -2.18. The van der Waals surface area contributed by atoms with Gasteiger partial charge in [0.1, 0.15) is 0 Å². The van der Waals surface area contributed by atoms with E-state index in [0.717, 1.165) is 24.8 Å². The number of rotatable bonds is 5. The molecule has 0 aromatic heterocycles. The van der Waals surface area contributed by atoms with Crippen LogP contribution in [0.2, 0.25) is 0 Å². The first-order valence-electron chi connectivity index (χ1n) is 7.45. The third kappa shape index (κ3) is 3.97. The van der Waals surface area contributed by atoms with Gasteiger partial charge < -0.3 is 15.7 Å². The van der Waals surface area contributed by atoms with Gasteiger partial charge in [-0.15, -0.1) is 0 Å². The van der Waals surface area contributed by atoms with Crippen LogP contribution in [0.4, 0.5) is 4.79 Å². The molecule has 2 atom stereocenters. The van der Waals surface area contributed by atoms with Crippen LogP contribution in [0.25, 0.3) is 0 Å². The zero-order valence-electron chi connectivity index (χ0n) is 12.3. The number of hydrogen-bond acceptors (Lipinski definition) is 2. The number of carbonyl (C=O) groups excluding carboxylic acids is 1. The Labute approximate surface area is 124 Å². The highest BCUT2D eigenvalue weighted by Crippen LogP contribution is 2.25. The molecule has 0 aliphatic heterocycles. The van der Waals surface area contributed by atoms with Gasteiger partial charge in [-0.25, -0.2) is 4.79 Å². The van der Waals surface area contributed by atoms with Gasteiger partial charge in [-0.3, -0.25) is 4.79 Å². The van der Waals surface area contributed by atoms with Crippen LogP contribution in [0, 0.1) is 5.92 Å². The number of amides is 2. The zero-order chi connectivity index (χ0) is 15.2. The highest BCUT2D eigenvalue weighted by molar-refractivity contribution is 5.77. The molecule has 2 unspecified atom stereocenters. The fraction of sp³-hybridized carbons (Fsp3) is 0.500. The first-order valence-corrected chi connectivity index (χ1v) is 7.45. The van der Waals surface area contributed by atoms with Crippen molar-refractivity contribution in [3.8, 4) is 0 Å². The van der Waals surface area contributed by atoms with Crippen LogP contribution in [0.1, 0.15) is 37.3 Å². The monoisotopic (exact) mass is 290 g/mol. The Morgan fingerprint density at radius 3 is 2.62 bits per heavy atom. The molecule has 0 saturated heterocycles. The molecule has 5 heteroatoms. The van der Waals surface area contributed by atoms with Crippen molar-refractivity contribution in [2.75, 3.05) is 0 Å². The first kappa shape index (κ1) is 15.4. The van der Waals surface area contributed by atoms with Crippen molar-refractivity contribution >= 4 is 12.0 Å². The molecule has 3 N–H and O–H groups in total. The minimum absolute atomic E-state index is 0.260. The smallest absolute Gasteiger partial charge is 0.315 e. The molecule has 0 radical (unpaired) electrons. The summed E-state index contributed by atoms with van der Waals surface area (Å²) in [6, 6.07) is 7.42. The first-order chi connectivity index (χ1) is 10.1. The van der Waals surface area contributed by atoms with Crippen molar-refractivity contribution in [2.45, 2.75) is 45.2 Å². The van der Waals surface area contributed by atoms with Crippen LogP contribution in [-0.2, 0) is 17.8 Å². The van der Waals surface area contributed by atoms with Crippen LogP contribution in [-0.4, -0.2) is 23.1 Å². The molecule has 0 bridgehead atoms. The van der Waals surface area contributed by atoms with Crippen molar-refractivity contribution < 1.29 is 14.7 Å². The Kier molecular flexibility index (Phi) is 5.20. The van der Waals surface area contributed by atoms with Gasteiger partial charge >= 0.3 is 12.0 Å². The number of carboxylic acid groups (broad SMARTS) is 1. The average Bonchev–Trinajstić information content (AvgIpc) is 2.93. The fourth-order valence-corrected chi connectivity index (χ4v) is 2.90. The fourth-order valence-electron chi connectivity index (χ4n) is 2.90. The number of aryl methyl sites for hydroxylation is 1. The number of hydrogen-bond donors (Lipinski definition) is 3. The number of aliphatic carboxylic acids is 1. The normalized spacial score (nSPS) is 21.0. The maximum Gasteiger partial charge on any atom is 0.315 e. The summed E-state index contributed by atoms with van der Waals surface area (Å²) in [7, 11) is 0. The van der Waals surface area contributed by atoms with Crippen molar-refractivity contribution in [1.82, 2.24) is 10.6 Å². The van der Waals surface area contributed by atoms with Crippen molar-refractivity contribution in [2.24, 2.45) is 5.92 Å². The van der Waals surface area contributed by atoms with Crippen LogP contribution in [0.3, 0.4) is 0 Å². The average molecular weight is 290 g/mol. The van der Waals surface area contributed by atoms with Gasteiger partial charge in [-0.05, 0) is 30.4 Å². The molecule has 1 saturated carbocycles. The minimum Gasteiger partial charge on any atom is -0.481 e. The van der Waals surface area contributed by atoms with Gasteiger partial charge in [-0.1, -0.05) is 37.6 Å². The van der Waals surface area contributed by atoms with E-state index in [1.54, 1.807) is 0 Å². The van der Waals surface area contributed by atoms with E-state index in [9.17, 15) is 9.59 Å². The molecular formula is C16H22N2O3. The molecule has 0 heterocycles. The second-order valence-corrected chi connectivity index (χ2v) is 5.43. The summed E-state index contributed by atoms with van der Waals surface area (Å²) < 4.78 is 0. The second kappa shape index (κ2) is 7.11. The van der Waals surface area contributed by atoms with E-state index in [-0.39, 0.29) is 12.1 Å². The molecule has 1 aliphatic rings. The molecule has 2 rings (SSSR count). The SMILES string of the molecule is CCc1ccccc1CNC(=O)NC1CCCC1C(=O)O. The number of urea groups is 1. The van der Waals surface area contributed by atoms with E-state index >= 15 is 0 Å². The van der Waals surface area contributed by atoms with Crippen molar-refractivity contribution in [1.29, 1.82) is 0 Å². The molecule has 114 valence electrons. The Hall–Kier alpha value is -2.04. The lowest BCUT2D eigenvalue weighted by Crippen LogP contribution is -2.45. The third-order valence-corrected chi connectivity index (χ3v) is 4.09. The van der Waals surface area contributed by atoms with Gasteiger partial charge in [0, 0.05) is 12.6 Å². The zero-order valence-corrected chi connectivity index (χ0v) is 12.3. The van der Waals surface area contributed by atoms with E-state index in [1.807, 2.05) is 24.3 Å². The predicted octanol–water partition coefficient (Wildman–Crippen LogP) is 2.30. The molecule has 21 heavy (non-hydrogen) atoms. The van der Waals surface area contributed by atoms with Crippen LogP contribution in [0.5, 0.6) is 0 Å². The summed E-state index contributed by atoms with van der Waals surface area (Å²) >= 11 is 0. The van der Waals surface area contributed by atoms with E-state index in [4.69, 9.17) is 5.11 Å². The lowest BCUT2D eigenvalue weighted by atomic mass is 10.0. The maximum absolute atomic E-state index is 11.9. The highest BCUT2D eigenvalue weighted by Gasteiger charge is 2.33. The van der Waals surface area contributed by atoms with Gasteiger partial charge in [0.05, 0.1) is 5.92 Å². The Morgan fingerprint density at radius 1 is 1.24 bits per heavy atom. The molecule has 1 aliphatic carbocycles. The third-order valence-electron chi connectivity index (χ3n) is 4.09. The quantitative estimate of drug-likeness (QED) is 0.778. The Morgan fingerprint density at radius 2 is 1.95 bits per heavy atom. The van der Waals surface area contributed by atoms with Gasteiger partial charge in [0.25, 0.3) is 0 Å². The van der Waals surface area contributed by atoms with E-state index in [1.165, 1.54) is 5.56 Å². The Bertz CT molecular complexity index is 516. The summed E-state index contributed by atoms with van der Waals surface area (Å²) in [4.78, 5) is 23.0. The Balaban J connectivity index is 1.86. The second-order valence-electron chi connectivity index (χ2n) is 5.43. The molecule has 1 fully saturated rings. The number of nitrogens with one attached hydrogen (secondary N) is 2. The van der Waals surface area contributed by atoms with Gasteiger partial charge in [0.2, 0.25) is 0 Å². The summed E-state index contributed by atoms with van der Waals surface area (Å²) in [5, 5.41) is 14.7. The largest absolute Gasteiger partial charge is 0.481 e.